The number of aliphatic hydroxyl groups is 1. The second-order valence-electron chi connectivity index (χ2n) is 3.16. The molecular weight excluding hydrogens is 196 g/mol. The highest BCUT2D eigenvalue weighted by Crippen LogP contribution is 2.21. The van der Waals surface area contributed by atoms with E-state index in [4.69, 9.17) is 5.11 Å². The van der Waals surface area contributed by atoms with Gasteiger partial charge in [0.15, 0.2) is 4.96 Å². The van der Waals surface area contributed by atoms with Crippen LogP contribution in [0.2, 0.25) is 0 Å². The highest BCUT2D eigenvalue weighted by molar-refractivity contribution is 7.17. The molecule has 1 N–H and O–H groups in total. The fraction of sp³-hybridized carbons (Fsp3) is 0.300. The minimum Gasteiger partial charge on any atom is -0.392 e. The Labute approximate surface area is 86.3 Å². The van der Waals surface area contributed by atoms with Crippen LogP contribution >= 0.6 is 11.3 Å². The number of aliphatic hydroxyl groups excluding tert-OH is 1. The van der Waals surface area contributed by atoms with Crippen molar-refractivity contribution in [3.8, 4) is 0 Å². The van der Waals surface area contributed by atoms with Gasteiger partial charge in [-0.1, -0.05) is 6.08 Å². The average Bonchev–Trinajstić information content (AvgIpc) is 2.58. The molecule has 0 aromatic carbocycles. The Morgan fingerprint density at radius 3 is 3.07 bits per heavy atom. The largest absolute Gasteiger partial charge is 0.392 e. The van der Waals surface area contributed by atoms with Crippen LogP contribution in [0.1, 0.15) is 16.3 Å². The van der Waals surface area contributed by atoms with Gasteiger partial charge in [0.25, 0.3) is 0 Å². The topological polar surface area (TPSA) is 37.5 Å². The first-order valence-corrected chi connectivity index (χ1v) is 5.26. The average molecular weight is 208 g/mol. The van der Waals surface area contributed by atoms with E-state index in [0.717, 1.165) is 16.3 Å². The molecule has 2 aromatic rings. The van der Waals surface area contributed by atoms with Gasteiger partial charge in [0.1, 0.15) is 0 Å². The fourth-order valence-corrected chi connectivity index (χ4v) is 2.32. The van der Waals surface area contributed by atoms with Crippen molar-refractivity contribution < 1.29 is 5.11 Å². The number of hydrogen-bond acceptors (Lipinski definition) is 3. The molecule has 0 unspecified atom stereocenters. The zero-order valence-corrected chi connectivity index (χ0v) is 9.01. The molecule has 0 radical (unpaired) electrons. The molecule has 0 bridgehead atoms. The Balaban J connectivity index is 2.59. The molecule has 0 aliphatic rings. The number of imidazole rings is 1. The van der Waals surface area contributed by atoms with Crippen molar-refractivity contribution in [3.05, 3.63) is 28.5 Å². The van der Waals surface area contributed by atoms with E-state index in [2.05, 4.69) is 22.5 Å². The molecule has 0 amide bonds. The van der Waals surface area contributed by atoms with Gasteiger partial charge in [-0.2, -0.15) is 0 Å². The van der Waals surface area contributed by atoms with Crippen LogP contribution in [0.3, 0.4) is 0 Å². The molecule has 0 atom stereocenters. The van der Waals surface area contributed by atoms with Crippen molar-refractivity contribution in [1.82, 2.24) is 9.38 Å². The maximum atomic E-state index is 8.72. The lowest BCUT2D eigenvalue weighted by molar-refractivity contribution is 0.343. The molecular formula is C10H12N2OS. The van der Waals surface area contributed by atoms with E-state index < -0.39 is 0 Å². The third kappa shape index (κ3) is 1.47. The van der Waals surface area contributed by atoms with Gasteiger partial charge in [-0.25, -0.2) is 4.98 Å². The van der Waals surface area contributed by atoms with Crippen LogP contribution in [0.4, 0.5) is 0 Å². The number of fused-ring (bicyclic) bond motifs is 1. The van der Waals surface area contributed by atoms with E-state index in [9.17, 15) is 0 Å². The Hall–Kier alpha value is -1.13. The molecule has 3 nitrogen and oxygen atoms in total. The normalized spacial score (nSPS) is 11.9. The number of aryl methyl sites for hydroxylation is 2. The minimum atomic E-state index is 0.0653. The van der Waals surface area contributed by atoms with Crippen LogP contribution in [0.15, 0.2) is 12.3 Å². The molecule has 0 saturated heterocycles. The Bertz CT molecular complexity index is 481. The molecule has 2 rings (SSSR count). The summed E-state index contributed by atoms with van der Waals surface area (Å²) in [6.45, 7) is 4.11. The highest BCUT2D eigenvalue weighted by Gasteiger charge is 2.07. The van der Waals surface area contributed by atoms with Crippen molar-refractivity contribution in [3.63, 3.8) is 0 Å². The second kappa shape index (κ2) is 3.55. The molecule has 14 heavy (non-hydrogen) atoms. The van der Waals surface area contributed by atoms with Crippen LogP contribution in [-0.2, 0) is 0 Å². The number of thiazole rings is 1. The predicted octanol–water partition coefficient (Wildman–Crippen LogP) is 2.02. The summed E-state index contributed by atoms with van der Waals surface area (Å²) in [5.74, 6) is 0. The van der Waals surface area contributed by atoms with Crippen molar-refractivity contribution in [2.75, 3.05) is 6.61 Å². The minimum absolute atomic E-state index is 0.0653. The van der Waals surface area contributed by atoms with Crippen LogP contribution < -0.4 is 0 Å². The standard InChI is InChI=1S/C10H12N2OS/c1-7-6-12-9(4-3-5-13)8(2)11-10(12)14-7/h3-4,6,13H,5H2,1-2H3/b4-3+. The van der Waals surface area contributed by atoms with E-state index in [-0.39, 0.29) is 6.61 Å². The van der Waals surface area contributed by atoms with Gasteiger partial charge in [-0.3, -0.25) is 4.40 Å². The van der Waals surface area contributed by atoms with Gasteiger partial charge < -0.3 is 5.11 Å². The summed E-state index contributed by atoms with van der Waals surface area (Å²) >= 11 is 1.68. The lowest BCUT2D eigenvalue weighted by atomic mass is 10.3. The second-order valence-corrected chi connectivity index (χ2v) is 4.38. The lowest BCUT2D eigenvalue weighted by Crippen LogP contribution is -1.84. The van der Waals surface area contributed by atoms with Crippen LogP contribution in [0.5, 0.6) is 0 Å². The molecule has 0 aliphatic heterocycles. The number of aromatic nitrogens is 2. The summed E-state index contributed by atoms with van der Waals surface area (Å²) in [4.78, 5) is 6.69. The molecule has 0 aliphatic carbocycles. The maximum absolute atomic E-state index is 8.72. The summed E-state index contributed by atoms with van der Waals surface area (Å²) in [5, 5.41) is 8.72. The van der Waals surface area contributed by atoms with Gasteiger partial charge in [-0.05, 0) is 19.9 Å². The molecule has 0 fully saturated rings. The highest BCUT2D eigenvalue weighted by atomic mass is 32.1. The third-order valence-electron chi connectivity index (χ3n) is 2.04. The fourth-order valence-electron chi connectivity index (χ4n) is 1.45. The summed E-state index contributed by atoms with van der Waals surface area (Å²) in [7, 11) is 0. The van der Waals surface area contributed by atoms with Crippen LogP contribution in [0.25, 0.3) is 11.0 Å². The predicted molar refractivity (Wildman–Crippen MR) is 58.7 cm³/mol. The van der Waals surface area contributed by atoms with E-state index in [1.165, 1.54) is 4.88 Å². The Morgan fingerprint density at radius 2 is 2.36 bits per heavy atom. The van der Waals surface area contributed by atoms with Crippen LogP contribution in [0, 0.1) is 13.8 Å². The molecule has 2 aromatic heterocycles. The van der Waals surface area contributed by atoms with E-state index in [1.807, 2.05) is 13.0 Å². The van der Waals surface area contributed by atoms with Gasteiger partial charge >= 0.3 is 0 Å². The molecule has 0 saturated carbocycles. The van der Waals surface area contributed by atoms with E-state index >= 15 is 0 Å². The summed E-state index contributed by atoms with van der Waals surface area (Å²) in [6, 6.07) is 0. The molecule has 0 spiro atoms. The summed E-state index contributed by atoms with van der Waals surface area (Å²) < 4.78 is 2.06. The summed E-state index contributed by atoms with van der Waals surface area (Å²) in [6.07, 6.45) is 5.70. The van der Waals surface area contributed by atoms with Gasteiger partial charge in [0, 0.05) is 11.1 Å². The lowest BCUT2D eigenvalue weighted by Gasteiger charge is -1.91. The number of nitrogens with zero attached hydrogens (tertiary/aromatic N) is 2. The molecule has 4 heteroatoms. The van der Waals surface area contributed by atoms with Crippen molar-refractivity contribution in [2.45, 2.75) is 13.8 Å². The first-order chi connectivity index (χ1) is 6.72. The zero-order chi connectivity index (χ0) is 10.1. The van der Waals surface area contributed by atoms with Crippen molar-refractivity contribution in [1.29, 1.82) is 0 Å². The SMILES string of the molecule is Cc1cn2c(/C=C/CO)c(C)nc2s1. The zero-order valence-electron chi connectivity index (χ0n) is 8.19. The number of rotatable bonds is 2. The van der Waals surface area contributed by atoms with Crippen molar-refractivity contribution >= 4 is 22.4 Å². The maximum Gasteiger partial charge on any atom is 0.194 e. The summed E-state index contributed by atoms with van der Waals surface area (Å²) in [5.41, 5.74) is 2.05. The van der Waals surface area contributed by atoms with E-state index in [0.29, 0.717) is 0 Å². The first kappa shape index (κ1) is 9.43. The Kier molecular flexibility index (Phi) is 2.39. The first-order valence-electron chi connectivity index (χ1n) is 4.45. The van der Waals surface area contributed by atoms with Crippen molar-refractivity contribution in [2.24, 2.45) is 0 Å². The third-order valence-corrected chi connectivity index (χ3v) is 2.94. The monoisotopic (exact) mass is 208 g/mol. The molecule has 2 heterocycles. The van der Waals surface area contributed by atoms with Gasteiger partial charge in [0.05, 0.1) is 18.0 Å². The van der Waals surface area contributed by atoms with Gasteiger partial charge in [0.2, 0.25) is 0 Å². The smallest absolute Gasteiger partial charge is 0.194 e. The number of hydrogen-bond donors (Lipinski definition) is 1. The van der Waals surface area contributed by atoms with E-state index in [1.54, 1.807) is 17.4 Å². The Morgan fingerprint density at radius 1 is 1.57 bits per heavy atom. The van der Waals surface area contributed by atoms with Crippen LogP contribution in [-0.4, -0.2) is 21.1 Å². The quantitative estimate of drug-likeness (QED) is 0.819. The van der Waals surface area contributed by atoms with Gasteiger partial charge in [-0.15, -0.1) is 11.3 Å². The molecule has 74 valence electrons.